The van der Waals surface area contributed by atoms with Crippen LogP contribution in [0.5, 0.6) is 0 Å². The molecule has 3 fully saturated rings. The van der Waals surface area contributed by atoms with Crippen molar-refractivity contribution in [2.45, 2.75) is 38.3 Å². The van der Waals surface area contributed by atoms with Crippen LogP contribution in [-0.2, 0) is 0 Å². The third kappa shape index (κ3) is 3.58. The van der Waals surface area contributed by atoms with Crippen molar-refractivity contribution >= 4 is 27.7 Å². The quantitative estimate of drug-likeness (QED) is 0.633. The van der Waals surface area contributed by atoms with Crippen molar-refractivity contribution in [3.63, 3.8) is 0 Å². The van der Waals surface area contributed by atoms with E-state index in [9.17, 15) is 4.79 Å². The molecular formula is C21H22BrN7O. The lowest BCUT2D eigenvalue weighted by Crippen LogP contribution is -2.60. The molecule has 5 heterocycles. The number of piperidine rings is 2. The number of hydrogen-bond acceptors (Lipinski definition) is 6. The Morgan fingerprint density at radius 3 is 2.73 bits per heavy atom. The molecule has 3 aromatic heterocycles. The number of anilines is 1. The first kappa shape index (κ1) is 19.2. The summed E-state index contributed by atoms with van der Waals surface area (Å²) in [6.45, 7) is 2.71. The fourth-order valence-corrected chi connectivity index (χ4v) is 4.83. The van der Waals surface area contributed by atoms with Crippen LogP contribution in [0.25, 0.3) is 5.82 Å². The molecule has 3 aromatic rings. The van der Waals surface area contributed by atoms with Gasteiger partial charge in [-0.05, 0) is 71.8 Å². The Balaban J connectivity index is 1.44. The van der Waals surface area contributed by atoms with Gasteiger partial charge in [-0.3, -0.25) is 4.79 Å². The number of aromatic nitrogens is 5. The normalized spacial score (nSPS) is 22.9. The maximum Gasteiger partial charge on any atom is 0.258 e. The van der Waals surface area contributed by atoms with Crippen molar-refractivity contribution in [2.75, 3.05) is 11.9 Å². The van der Waals surface area contributed by atoms with Crippen LogP contribution in [0.3, 0.4) is 0 Å². The summed E-state index contributed by atoms with van der Waals surface area (Å²) >= 11 is 3.43. The number of pyridine rings is 2. The number of nitrogens with zero attached hydrogens (tertiary/aromatic N) is 6. The highest BCUT2D eigenvalue weighted by Crippen LogP contribution is 2.37. The second kappa shape index (κ2) is 7.79. The van der Waals surface area contributed by atoms with E-state index in [-0.39, 0.29) is 18.0 Å². The van der Waals surface area contributed by atoms with Crippen LogP contribution in [0, 0.1) is 12.8 Å². The molecule has 0 radical (unpaired) electrons. The van der Waals surface area contributed by atoms with Gasteiger partial charge >= 0.3 is 0 Å². The van der Waals surface area contributed by atoms with E-state index >= 15 is 0 Å². The lowest BCUT2D eigenvalue weighted by atomic mass is 9.76. The molecule has 2 aliphatic heterocycles. The molecule has 6 rings (SSSR count). The number of hydrogen-bond donors (Lipinski definition) is 1. The maximum absolute atomic E-state index is 13.7. The molecule has 1 saturated carbocycles. The van der Waals surface area contributed by atoms with Crippen molar-refractivity contribution in [3.05, 3.63) is 58.6 Å². The van der Waals surface area contributed by atoms with Gasteiger partial charge in [0.05, 0.1) is 24.0 Å². The zero-order chi connectivity index (χ0) is 20.7. The second-order valence-corrected chi connectivity index (χ2v) is 8.93. The largest absolute Gasteiger partial charge is 0.365 e. The summed E-state index contributed by atoms with van der Waals surface area (Å²) < 4.78 is 0.946. The van der Waals surface area contributed by atoms with Crippen LogP contribution in [0.2, 0.25) is 0 Å². The molecule has 8 nitrogen and oxygen atoms in total. The molecule has 9 heteroatoms. The summed E-state index contributed by atoms with van der Waals surface area (Å²) in [5.74, 6) is 1.78. The lowest BCUT2D eigenvalue weighted by molar-refractivity contribution is 0.0281. The standard InChI is InChI=1S/C21H22BrN7O/c1-13-8-16(20(24-10-13)29-25-6-7-26-29)21(30)28-12-14-2-4-18(28)17(9-14)27-19-5-3-15(22)11-23-19/h3,5-8,10-11,14,17-18H,2,4,9,12H2,1H3,(H,23,27). The monoisotopic (exact) mass is 467 g/mol. The van der Waals surface area contributed by atoms with E-state index in [2.05, 4.69) is 41.4 Å². The van der Waals surface area contributed by atoms with Crippen molar-refractivity contribution in [1.82, 2.24) is 29.9 Å². The third-order valence-electron chi connectivity index (χ3n) is 5.94. The SMILES string of the molecule is Cc1cnc(-n2nccn2)c(C(=O)N2CC3CCC2C(Nc2ccc(Br)cn2)C3)c1. The summed E-state index contributed by atoms with van der Waals surface area (Å²) in [6.07, 6.45) is 9.88. The Labute approximate surface area is 182 Å². The molecule has 1 aliphatic carbocycles. The van der Waals surface area contributed by atoms with Crippen molar-refractivity contribution < 1.29 is 4.79 Å². The van der Waals surface area contributed by atoms with Crippen LogP contribution >= 0.6 is 15.9 Å². The molecule has 3 atom stereocenters. The minimum absolute atomic E-state index is 0.0107. The Bertz CT molecular complexity index is 1050. The summed E-state index contributed by atoms with van der Waals surface area (Å²) in [5.41, 5.74) is 1.48. The van der Waals surface area contributed by atoms with Gasteiger partial charge in [0.2, 0.25) is 0 Å². The number of carbonyl (C=O) groups excluding carboxylic acids is 1. The first-order valence-electron chi connectivity index (χ1n) is 10.1. The van der Waals surface area contributed by atoms with Gasteiger partial charge < -0.3 is 10.2 Å². The average Bonchev–Trinajstić information content (AvgIpc) is 3.30. The van der Waals surface area contributed by atoms with Gasteiger partial charge in [0.25, 0.3) is 5.91 Å². The molecule has 154 valence electrons. The predicted octanol–water partition coefficient (Wildman–Crippen LogP) is 3.23. The van der Waals surface area contributed by atoms with Crippen molar-refractivity contribution in [3.8, 4) is 5.82 Å². The fraction of sp³-hybridized carbons (Fsp3) is 0.381. The molecule has 3 unspecified atom stereocenters. The van der Waals surface area contributed by atoms with E-state index in [0.29, 0.717) is 17.3 Å². The van der Waals surface area contributed by atoms with Gasteiger partial charge in [0.15, 0.2) is 5.82 Å². The summed E-state index contributed by atoms with van der Waals surface area (Å²) in [6, 6.07) is 6.12. The Kier molecular flexibility index (Phi) is 4.98. The highest BCUT2D eigenvalue weighted by atomic mass is 79.9. The van der Waals surface area contributed by atoms with Crippen LogP contribution in [-0.4, -0.2) is 54.4 Å². The Morgan fingerprint density at radius 1 is 1.17 bits per heavy atom. The highest BCUT2D eigenvalue weighted by Gasteiger charge is 2.43. The van der Waals surface area contributed by atoms with Gasteiger partial charge in [0, 0.05) is 29.5 Å². The number of rotatable bonds is 4. The van der Waals surface area contributed by atoms with Gasteiger partial charge in [-0.25, -0.2) is 9.97 Å². The smallest absolute Gasteiger partial charge is 0.258 e. The number of carbonyl (C=O) groups is 1. The third-order valence-corrected chi connectivity index (χ3v) is 6.41. The van der Waals surface area contributed by atoms with Gasteiger partial charge in [-0.1, -0.05) is 0 Å². The van der Waals surface area contributed by atoms with Gasteiger partial charge in [0.1, 0.15) is 5.82 Å². The van der Waals surface area contributed by atoms with Crippen LogP contribution in [0.4, 0.5) is 5.82 Å². The molecule has 30 heavy (non-hydrogen) atoms. The molecule has 0 aromatic carbocycles. The fourth-order valence-electron chi connectivity index (χ4n) is 4.59. The summed E-state index contributed by atoms with van der Waals surface area (Å²) in [7, 11) is 0. The number of halogens is 1. The number of fused-ring (bicyclic) bond motifs is 3. The van der Waals surface area contributed by atoms with Crippen LogP contribution in [0.1, 0.15) is 35.2 Å². The molecule has 2 saturated heterocycles. The van der Waals surface area contributed by atoms with E-state index in [4.69, 9.17) is 0 Å². The van der Waals surface area contributed by atoms with Crippen LogP contribution in [0.15, 0.2) is 47.5 Å². The first-order valence-corrected chi connectivity index (χ1v) is 10.9. The zero-order valence-electron chi connectivity index (χ0n) is 16.6. The van der Waals surface area contributed by atoms with Crippen molar-refractivity contribution in [1.29, 1.82) is 0 Å². The van der Waals surface area contributed by atoms with Gasteiger partial charge in [-0.15, -0.1) is 4.80 Å². The molecule has 0 spiro atoms. The molecule has 2 bridgehead atoms. The highest BCUT2D eigenvalue weighted by molar-refractivity contribution is 9.10. The average molecular weight is 468 g/mol. The summed E-state index contributed by atoms with van der Waals surface area (Å²) in [4.78, 5) is 26.0. The predicted molar refractivity (Wildman–Crippen MR) is 115 cm³/mol. The van der Waals surface area contributed by atoms with Gasteiger partial charge in [-0.2, -0.15) is 10.2 Å². The van der Waals surface area contributed by atoms with Crippen molar-refractivity contribution in [2.24, 2.45) is 5.92 Å². The molecule has 1 amide bonds. The van der Waals surface area contributed by atoms with E-state index in [0.717, 1.165) is 41.7 Å². The first-order chi connectivity index (χ1) is 14.6. The molecular weight excluding hydrogens is 446 g/mol. The van der Waals surface area contributed by atoms with E-state index < -0.39 is 0 Å². The second-order valence-electron chi connectivity index (χ2n) is 8.02. The zero-order valence-corrected chi connectivity index (χ0v) is 18.2. The minimum atomic E-state index is -0.0107. The topological polar surface area (TPSA) is 88.8 Å². The van der Waals surface area contributed by atoms with E-state index in [1.165, 1.54) is 4.80 Å². The van der Waals surface area contributed by atoms with Crippen LogP contribution < -0.4 is 5.32 Å². The number of amides is 1. The number of nitrogens with one attached hydrogen (secondary N) is 1. The Hall–Kier alpha value is -2.81. The minimum Gasteiger partial charge on any atom is -0.365 e. The lowest BCUT2D eigenvalue weighted by Gasteiger charge is -2.50. The number of aryl methyl sites for hydroxylation is 1. The molecule has 3 aliphatic rings. The van der Waals surface area contributed by atoms with E-state index in [1.807, 2.05) is 30.0 Å². The Morgan fingerprint density at radius 2 is 2.00 bits per heavy atom. The maximum atomic E-state index is 13.7. The van der Waals surface area contributed by atoms with E-state index in [1.54, 1.807) is 24.8 Å². The molecule has 1 N–H and O–H groups in total. The summed E-state index contributed by atoms with van der Waals surface area (Å²) in [5, 5.41) is 11.9.